The van der Waals surface area contributed by atoms with Crippen molar-refractivity contribution >= 4 is 8.32 Å². The van der Waals surface area contributed by atoms with Gasteiger partial charge in [0.05, 0.1) is 20.3 Å². The molecule has 6 heteroatoms. The molecule has 0 radical (unpaired) electrons. The van der Waals surface area contributed by atoms with E-state index in [1.807, 2.05) is 12.1 Å². The third-order valence-corrected chi connectivity index (χ3v) is 12.4. The topological polar surface area (TPSA) is 49.0 Å². The maximum absolute atomic E-state index is 6.71. The summed E-state index contributed by atoms with van der Waals surface area (Å²) >= 11 is 0. The Morgan fingerprint density at radius 3 is 2.21 bits per heavy atom. The first-order valence-corrected chi connectivity index (χ1v) is 15.4. The highest BCUT2D eigenvalue weighted by Gasteiger charge is 2.46. The number of nitrogens with one attached hydrogen (secondary N) is 1. The van der Waals surface area contributed by atoms with E-state index in [0.717, 1.165) is 44.3 Å². The van der Waals surface area contributed by atoms with Crippen LogP contribution in [0.4, 0.5) is 0 Å². The molecule has 1 heterocycles. The van der Waals surface area contributed by atoms with Crippen molar-refractivity contribution < 1.29 is 18.6 Å². The highest BCUT2D eigenvalue weighted by atomic mass is 28.4. The molecule has 2 fully saturated rings. The van der Waals surface area contributed by atoms with Crippen molar-refractivity contribution in [2.45, 2.75) is 94.8 Å². The first-order chi connectivity index (χ1) is 15.5. The molecule has 186 valence electrons. The third-order valence-electron chi connectivity index (χ3n) is 7.92. The molecule has 1 saturated heterocycles. The van der Waals surface area contributed by atoms with E-state index in [0.29, 0.717) is 19.8 Å². The van der Waals surface area contributed by atoms with Crippen LogP contribution in [0.2, 0.25) is 18.1 Å². The Bertz CT molecular complexity index is 755. The lowest BCUT2D eigenvalue weighted by atomic mass is 9.76. The Morgan fingerprint density at radius 1 is 1.09 bits per heavy atom. The van der Waals surface area contributed by atoms with Crippen LogP contribution in [0.1, 0.15) is 58.4 Å². The molecule has 1 saturated carbocycles. The Labute approximate surface area is 202 Å². The van der Waals surface area contributed by atoms with Crippen molar-refractivity contribution in [1.82, 2.24) is 5.32 Å². The van der Waals surface area contributed by atoms with Crippen molar-refractivity contribution in [2.24, 2.45) is 0 Å². The van der Waals surface area contributed by atoms with Crippen molar-refractivity contribution in [3.05, 3.63) is 42.5 Å². The highest BCUT2D eigenvalue weighted by Crippen LogP contribution is 2.42. The number of methoxy groups -OCH3 is 1. The number of benzene rings is 1. The molecule has 1 aliphatic carbocycles. The molecular formula is C27H45NO4Si. The normalized spacial score (nSPS) is 21.2. The molecule has 1 spiro atoms. The van der Waals surface area contributed by atoms with E-state index >= 15 is 0 Å². The smallest absolute Gasteiger partial charge is 0.192 e. The van der Waals surface area contributed by atoms with Crippen LogP contribution >= 0.6 is 0 Å². The second kappa shape index (κ2) is 10.6. The average Bonchev–Trinajstić information content (AvgIpc) is 3.23. The summed E-state index contributed by atoms with van der Waals surface area (Å²) in [5, 5.41) is 4.25. The molecule has 0 aromatic heterocycles. The van der Waals surface area contributed by atoms with E-state index in [9.17, 15) is 0 Å². The highest BCUT2D eigenvalue weighted by molar-refractivity contribution is 6.74. The maximum atomic E-state index is 6.71. The standard InChI is InChI=1S/C27H45NO4Si/c1-8-13-26(14-16-27(17-15-26)30-18-19-31-27)28-23(21-32-33(6,7)25(2,3)4)20-22-9-11-24(29-5)12-10-22/h8-12,23,28H,1,13-21H2,2-7H3/t23-/m0/s1. The molecule has 0 amide bonds. The summed E-state index contributed by atoms with van der Waals surface area (Å²) in [6.07, 6.45) is 7.77. The number of hydrogen-bond acceptors (Lipinski definition) is 5. The summed E-state index contributed by atoms with van der Waals surface area (Å²) in [5.74, 6) is 0.521. The van der Waals surface area contributed by atoms with E-state index in [2.05, 4.69) is 64.0 Å². The maximum Gasteiger partial charge on any atom is 0.192 e. The molecular weight excluding hydrogens is 430 g/mol. The van der Waals surface area contributed by atoms with Crippen molar-refractivity contribution in [2.75, 3.05) is 26.9 Å². The van der Waals surface area contributed by atoms with Gasteiger partial charge in [-0.25, -0.2) is 0 Å². The summed E-state index contributed by atoms with van der Waals surface area (Å²) in [6.45, 7) is 17.8. The van der Waals surface area contributed by atoms with Gasteiger partial charge in [0, 0.05) is 31.0 Å². The summed E-state index contributed by atoms with van der Waals surface area (Å²) in [5.41, 5.74) is 1.28. The summed E-state index contributed by atoms with van der Waals surface area (Å²) in [4.78, 5) is 0. The zero-order valence-electron chi connectivity index (χ0n) is 21.7. The molecule has 1 aromatic carbocycles. The van der Waals surface area contributed by atoms with Gasteiger partial charge in [0.25, 0.3) is 0 Å². The Balaban J connectivity index is 1.76. The van der Waals surface area contributed by atoms with Crippen LogP contribution in [0.25, 0.3) is 0 Å². The molecule has 1 aliphatic heterocycles. The number of ether oxygens (including phenoxy) is 3. The van der Waals surface area contributed by atoms with Crippen LogP contribution in [0, 0.1) is 0 Å². The Kier molecular flexibility index (Phi) is 8.49. The quantitative estimate of drug-likeness (QED) is 0.340. The van der Waals surface area contributed by atoms with Gasteiger partial charge in [0.1, 0.15) is 5.75 Å². The minimum Gasteiger partial charge on any atom is -0.497 e. The van der Waals surface area contributed by atoms with E-state index in [-0.39, 0.29) is 22.4 Å². The molecule has 5 nitrogen and oxygen atoms in total. The van der Waals surface area contributed by atoms with Crippen LogP contribution in [-0.2, 0) is 20.3 Å². The first kappa shape index (κ1) is 26.4. The SMILES string of the molecule is C=CCC1(N[C@H](CO[Si](C)(C)C(C)(C)C)Cc2ccc(OC)cc2)CCC2(CC1)OCCO2. The van der Waals surface area contributed by atoms with Gasteiger partial charge in [-0.05, 0) is 61.5 Å². The van der Waals surface area contributed by atoms with Crippen LogP contribution in [0.3, 0.4) is 0 Å². The van der Waals surface area contributed by atoms with Crippen molar-refractivity contribution in [1.29, 1.82) is 0 Å². The van der Waals surface area contributed by atoms with Crippen LogP contribution in [-0.4, -0.2) is 52.6 Å². The Hall–Kier alpha value is -1.18. The molecule has 33 heavy (non-hydrogen) atoms. The molecule has 1 N–H and O–H groups in total. The van der Waals surface area contributed by atoms with Gasteiger partial charge < -0.3 is 24.0 Å². The Morgan fingerprint density at radius 2 is 1.70 bits per heavy atom. The van der Waals surface area contributed by atoms with Gasteiger partial charge in [0.15, 0.2) is 14.1 Å². The summed E-state index contributed by atoms with van der Waals surface area (Å²) in [7, 11) is -0.147. The minimum absolute atomic E-state index is 0.00373. The molecule has 0 bridgehead atoms. The zero-order chi connectivity index (χ0) is 24.2. The number of rotatable bonds is 10. The first-order valence-electron chi connectivity index (χ1n) is 12.5. The lowest BCUT2D eigenvalue weighted by molar-refractivity contribution is -0.186. The molecule has 2 aliphatic rings. The lowest BCUT2D eigenvalue weighted by Crippen LogP contribution is -2.57. The van der Waals surface area contributed by atoms with Gasteiger partial charge in [-0.2, -0.15) is 0 Å². The van der Waals surface area contributed by atoms with Crippen molar-refractivity contribution in [3.8, 4) is 5.75 Å². The van der Waals surface area contributed by atoms with Crippen LogP contribution < -0.4 is 10.1 Å². The monoisotopic (exact) mass is 475 g/mol. The molecule has 0 unspecified atom stereocenters. The molecule has 1 atom stereocenters. The number of hydrogen-bond donors (Lipinski definition) is 1. The van der Waals surface area contributed by atoms with E-state index in [4.69, 9.17) is 18.6 Å². The fourth-order valence-electron chi connectivity index (χ4n) is 4.74. The fourth-order valence-corrected chi connectivity index (χ4v) is 5.79. The third kappa shape index (κ3) is 6.70. The zero-order valence-corrected chi connectivity index (χ0v) is 22.7. The second-order valence-corrected chi connectivity index (χ2v) is 16.2. The summed E-state index contributed by atoms with van der Waals surface area (Å²) in [6, 6.07) is 8.62. The molecule has 3 rings (SSSR count). The van der Waals surface area contributed by atoms with Gasteiger partial charge in [0.2, 0.25) is 0 Å². The fraction of sp³-hybridized carbons (Fsp3) is 0.704. The lowest BCUT2D eigenvalue weighted by Gasteiger charge is -2.46. The minimum atomic E-state index is -1.85. The van der Waals surface area contributed by atoms with Gasteiger partial charge in [-0.3, -0.25) is 0 Å². The van der Waals surface area contributed by atoms with Gasteiger partial charge in [-0.15, -0.1) is 6.58 Å². The van der Waals surface area contributed by atoms with Gasteiger partial charge in [-0.1, -0.05) is 39.0 Å². The van der Waals surface area contributed by atoms with Crippen LogP contribution in [0.15, 0.2) is 36.9 Å². The largest absolute Gasteiger partial charge is 0.497 e. The predicted molar refractivity (Wildman–Crippen MR) is 137 cm³/mol. The van der Waals surface area contributed by atoms with E-state index in [1.54, 1.807) is 7.11 Å². The average molecular weight is 476 g/mol. The second-order valence-electron chi connectivity index (χ2n) is 11.3. The predicted octanol–water partition coefficient (Wildman–Crippen LogP) is 5.85. The van der Waals surface area contributed by atoms with E-state index < -0.39 is 8.32 Å². The summed E-state index contributed by atoms with van der Waals surface area (Å²) < 4.78 is 24.1. The van der Waals surface area contributed by atoms with Crippen molar-refractivity contribution in [3.63, 3.8) is 0 Å². The van der Waals surface area contributed by atoms with E-state index in [1.165, 1.54) is 5.56 Å². The molecule has 1 aromatic rings. The van der Waals surface area contributed by atoms with Crippen LogP contribution in [0.5, 0.6) is 5.75 Å². The van der Waals surface area contributed by atoms with Gasteiger partial charge >= 0.3 is 0 Å².